The minimum atomic E-state index is -0.971. The molecule has 7 heteroatoms. The van der Waals surface area contributed by atoms with E-state index in [1.165, 1.54) is 6.92 Å². The van der Waals surface area contributed by atoms with Gasteiger partial charge in [0, 0.05) is 13.5 Å². The number of nitrogens with one attached hydrogen (secondary N) is 2. The molecule has 0 fully saturated rings. The SMILES string of the molecule is CC(=O)N[C@](C)(CCCCNC(=O)OC(C)(C)C)C(=O)S.CC(C)(C)C. The molecular formula is C19H38N2O4S. The topological polar surface area (TPSA) is 84.5 Å². The molecule has 0 spiro atoms. The van der Waals surface area contributed by atoms with Crippen LogP contribution in [0.25, 0.3) is 0 Å². The standard InChI is InChI=1S/C14H26N2O4S.C5H12/c1-10(17)16-14(5,11(18)21)8-6-7-9-15-12(19)20-13(2,3)4;1-5(2,3)4/h6-9H2,1-5H3,(H,15,19)(H,16,17)(H,18,21);1-4H3/t14-;/m1./s1. The summed E-state index contributed by atoms with van der Waals surface area (Å²) in [6.07, 6.45) is 1.34. The molecule has 6 nitrogen and oxygen atoms in total. The number of alkyl carbamates (subject to hydrolysis) is 1. The molecule has 1 atom stereocenters. The summed E-state index contributed by atoms with van der Waals surface area (Å²) < 4.78 is 5.10. The first-order valence-corrected chi connectivity index (χ1v) is 9.40. The number of rotatable bonds is 7. The third-order valence-electron chi connectivity index (χ3n) is 2.70. The average molecular weight is 391 g/mol. The maximum atomic E-state index is 11.5. The highest BCUT2D eigenvalue weighted by atomic mass is 32.1. The highest BCUT2D eigenvalue weighted by Crippen LogP contribution is 2.17. The fourth-order valence-electron chi connectivity index (χ4n) is 1.72. The Bertz CT molecular complexity index is 461. The van der Waals surface area contributed by atoms with Gasteiger partial charge in [0.05, 0.1) is 0 Å². The molecule has 2 N–H and O–H groups in total. The third kappa shape index (κ3) is 19.1. The van der Waals surface area contributed by atoms with Crippen molar-refractivity contribution in [3.63, 3.8) is 0 Å². The van der Waals surface area contributed by atoms with Crippen LogP contribution in [0.1, 0.15) is 81.6 Å². The molecular weight excluding hydrogens is 352 g/mol. The van der Waals surface area contributed by atoms with Crippen LogP contribution in [0.2, 0.25) is 0 Å². The minimum absolute atomic E-state index is 0.272. The van der Waals surface area contributed by atoms with Crippen molar-refractivity contribution >= 4 is 29.7 Å². The molecule has 0 aliphatic carbocycles. The number of amides is 2. The fourth-order valence-corrected chi connectivity index (χ4v) is 1.89. The Morgan fingerprint density at radius 1 is 0.923 bits per heavy atom. The number of carbonyl (C=O) groups excluding carboxylic acids is 3. The number of carbonyl (C=O) groups is 3. The molecule has 0 aromatic heterocycles. The van der Waals surface area contributed by atoms with E-state index in [-0.39, 0.29) is 11.0 Å². The zero-order valence-corrected chi connectivity index (χ0v) is 18.8. The second-order valence-corrected chi connectivity index (χ2v) is 9.61. The first-order valence-electron chi connectivity index (χ1n) is 8.95. The van der Waals surface area contributed by atoms with Crippen LogP contribution in [0.15, 0.2) is 0 Å². The lowest BCUT2D eigenvalue weighted by Gasteiger charge is -2.26. The molecule has 0 heterocycles. The highest BCUT2D eigenvalue weighted by molar-refractivity contribution is 7.96. The zero-order valence-electron chi connectivity index (χ0n) is 17.9. The van der Waals surface area contributed by atoms with Gasteiger partial charge in [-0.15, -0.1) is 12.6 Å². The smallest absolute Gasteiger partial charge is 0.407 e. The highest BCUT2D eigenvalue weighted by Gasteiger charge is 2.30. The molecule has 26 heavy (non-hydrogen) atoms. The van der Waals surface area contributed by atoms with Crippen LogP contribution >= 0.6 is 12.6 Å². The van der Waals surface area contributed by atoms with Crippen molar-refractivity contribution in [3.8, 4) is 0 Å². The number of ether oxygens (including phenoxy) is 1. The second kappa shape index (κ2) is 11.5. The Morgan fingerprint density at radius 2 is 1.38 bits per heavy atom. The summed E-state index contributed by atoms with van der Waals surface area (Å²) in [5.41, 5.74) is -0.993. The van der Waals surface area contributed by atoms with Crippen LogP contribution in [0.5, 0.6) is 0 Å². The Balaban J connectivity index is 0. The number of hydrogen-bond acceptors (Lipinski definition) is 4. The van der Waals surface area contributed by atoms with Gasteiger partial charge in [0.1, 0.15) is 11.1 Å². The molecule has 154 valence electrons. The summed E-state index contributed by atoms with van der Waals surface area (Å²) in [6.45, 7) is 17.6. The van der Waals surface area contributed by atoms with Crippen LogP contribution in [0.3, 0.4) is 0 Å². The Morgan fingerprint density at radius 3 is 1.73 bits per heavy atom. The Kier molecular flexibility index (Phi) is 11.9. The molecule has 0 aromatic carbocycles. The van der Waals surface area contributed by atoms with E-state index in [4.69, 9.17) is 4.74 Å². The van der Waals surface area contributed by atoms with E-state index in [1.807, 2.05) is 0 Å². The van der Waals surface area contributed by atoms with Crippen molar-refractivity contribution in [1.29, 1.82) is 0 Å². The van der Waals surface area contributed by atoms with Crippen LogP contribution in [-0.2, 0) is 14.3 Å². The van der Waals surface area contributed by atoms with Crippen molar-refractivity contribution in [3.05, 3.63) is 0 Å². The van der Waals surface area contributed by atoms with Gasteiger partial charge in [-0.2, -0.15) is 0 Å². The molecule has 0 bridgehead atoms. The molecule has 0 aliphatic rings. The lowest BCUT2D eigenvalue weighted by atomic mass is 9.96. The van der Waals surface area contributed by atoms with Crippen molar-refractivity contribution < 1.29 is 19.1 Å². The Labute approximate surface area is 164 Å². The maximum Gasteiger partial charge on any atom is 0.407 e. The predicted molar refractivity (Wildman–Crippen MR) is 109 cm³/mol. The van der Waals surface area contributed by atoms with E-state index < -0.39 is 17.2 Å². The molecule has 2 amide bonds. The van der Waals surface area contributed by atoms with Gasteiger partial charge in [0.15, 0.2) is 0 Å². The lowest BCUT2D eigenvalue weighted by Crippen LogP contribution is -2.49. The number of thiol groups is 1. The summed E-state index contributed by atoms with van der Waals surface area (Å²) in [4.78, 5) is 34.0. The van der Waals surface area contributed by atoms with Crippen LogP contribution in [0, 0.1) is 5.41 Å². The quantitative estimate of drug-likeness (QED) is 0.452. The van der Waals surface area contributed by atoms with Gasteiger partial charge < -0.3 is 15.4 Å². The van der Waals surface area contributed by atoms with Crippen molar-refractivity contribution in [2.24, 2.45) is 5.41 Å². The number of unbranched alkanes of at least 4 members (excludes halogenated alkanes) is 1. The zero-order chi connectivity index (χ0) is 21.2. The van der Waals surface area contributed by atoms with E-state index in [2.05, 4.69) is 51.0 Å². The Hall–Kier alpha value is -1.24. The van der Waals surface area contributed by atoms with E-state index >= 15 is 0 Å². The van der Waals surface area contributed by atoms with Gasteiger partial charge in [0.2, 0.25) is 11.0 Å². The summed E-state index contributed by atoms with van der Waals surface area (Å²) in [6, 6.07) is 0. The first-order chi connectivity index (χ1) is 11.5. The molecule has 0 radical (unpaired) electrons. The van der Waals surface area contributed by atoms with E-state index in [9.17, 15) is 14.4 Å². The third-order valence-corrected chi connectivity index (χ3v) is 3.19. The van der Waals surface area contributed by atoms with E-state index in [0.717, 1.165) is 0 Å². The summed E-state index contributed by atoms with van der Waals surface area (Å²) in [5, 5.41) is 4.88. The van der Waals surface area contributed by atoms with Crippen molar-refractivity contribution in [2.75, 3.05) is 6.54 Å². The van der Waals surface area contributed by atoms with Crippen molar-refractivity contribution in [1.82, 2.24) is 10.6 Å². The molecule has 0 saturated heterocycles. The van der Waals surface area contributed by atoms with Gasteiger partial charge >= 0.3 is 6.09 Å². The summed E-state index contributed by atoms with van der Waals surface area (Å²) in [5.74, 6) is -0.272. The van der Waals surface area contributed by atoms with Gasteiger partial charge in [0.25, 0.3) is 0 Å². The largest absolute Gasteiger partial charge is 0.444 e. The first kappa shape index (κ1) is 27.0. The van der Waals surface area contributed by atoms with Gasteiger partial charge in [-0.05, 0) is 52.4 Å². The molecule has 0 aliphatic heterocycles. The predicted octanol–water partition coefficient (Wildman–Crippen LogP) is 4.09. The monoisotopic (exact) mass is 390 g/mol. The molecule has 0 rings (SSSR count). The normalized spacial score (nSPS) is 13.6. The van der Waals surface area contributed by atoms with Gasteiger partial charge in [-0.25, -0.2) is 4.79 Å². The van der Waals surface area contributed by atoms with E-state index in [0.29, 0.717) is 31.2 Å². The summed E-state index contributed by atoms with van der Waals surface area (Å²) >= 11 is 3.81. The van der Waals surface area contributed by atoms with Gasteiger partial charge in [-0.1, -0.05) is 27.7 Å². The number of hydrogen-bond donors (Lipinski definition) is 3. The summed E-state index contributed by atoms with van der Waals surface area (Å²) in [7, 11) is 0. The molecule has 0 aromatic rings. The molecule has 0 saturated carbocycles. The second-order valence-electron chi connectivity index (χ2n) is 9.20. The average Bonchev–Trinajstić information content (AvgIpc) is 2.32. The van der Waals surface area contributed by atoms with Gasteiger partial charge in [-0.3, -0.25) is 9.59 Å². The van der Waals surface area contributed by atoms with Crippen molar-refractivity contribution in [2.45, 2.75) is 92.7 Å². The van der Waals surface area contributed by atoms with Crippen LogP contribution in [0.4, 0.5) is 4.79 Å². The van der Waals surface area contributed by atoms with Crippen LogP contribution in [-0.4, -0.2) is 34.8 Å². The lowest BCUT2D eigenvalue weighted by molar-refractivity contribution is -0.126. The fraction of sp³-hybridized carbons (Fsp3) is 0.842. The van der Waals surface area contributed by atoms with Crippen LogP contribution < -0.4 is 10.6 Å². The minimum Gasteiger partial charge on any atom is -0.444 e. The maximum absolute atomic E-state index is 11.5. The van der Waals surface area contributed by atoms with E-state index in [1.54, 1.807) is 27.7 Å². The molecule has 0 unspecified atom stereocenters.